The molecule has 0 aromatic heterocycles. The van der Waals surface area contributed by atoms with Crippen molar-refractivity contribution in [1.82, 2.24) is 10.2 Å². The second kappa shape index (κ2) is 7.30. The molecule has 1 aromatic carbocycles. The van der Waals surface area contributed by atoms with Crippen LogP contribution < -0.4 is 5.32 Å². The SMILES string of the molecule is CC1(C)N[C@H]2CCCC[C@H]2N(Cc2cc(C(C)(C)C)c(O)c(C(C)(C)C)c2)C1=O. The summed E-state index contributed by atoms with van der Waals surface area (Å²) in [5.41, 5.74) is 2.17. The lowest BCUT2D eigenvalue weighted by atomic mass is 9.78. The summed E-state index contributed by atoms with van der Waals surface area (Å²) >= 11 is 0. The first-order valence-electron chi connectivity index (χ1n) is 11.2. The summed E-state index contributed by atoms with van der Waals surface area (Å²) < 4.78 is 0. The van der Waals surface area contributed by atoms with Crippen molar-refractivity contribution in [1.29, 1.82) is 0 Å². The van der Waals surface area contributed by atoms with Crippen LogP contribution in [0.4, 0.5) is 0 Å². The van der Waals surface area contributed by atoms with Gasteiger partial charge in [-0.3, -0.25) is 10.1 Å². The Morgan fingerprint density at radius 1 is 1.03 bits per heavy atom. The number of hydrogen-bond acceptors (Lipinski definition) is 3. The van der Waals surface area contributed by atoms with Gasteiger partial charge in [-0.2, -0.15) is 0 Å². The van der Waals surface area contributed by atoms with E-state index in [9.17, 15) is 9.90 Å². The van der Waals surface area contributed by atoms with Gasteiger partial charge >= 0.3 is 0 Å². The molecule has 1 saturated heterocycles. The summed E-state index contributed by atoms with van der Waals surface area (Å²) in [6.07, 6.45) is 4.61. The molecule has 2 atom stereocenters. The van der Waals surface area contributed by atoms with Crippen molar-refractivity contribution in [2.75, 3.05) is 0 Å². The van der Waals surface area contributed by atoms with Gasteiger partial charge in [-0.25, -0.2) is 0 Å². The maximum Gasteiger partial charge on any atom is 0.242 e. The number of piperazine rings is 1. The minimum Gasteiger partial charge on any atom is -0.507 e. The van der Waals surface area contributed by atoms with E-state index in [0.29, 0.717) is 18.3 Å². The molecule has 0 radical (unpaired) electrons. The molecule has 29 heavy (non-hydrogen) atoms. The molecule has 0 bridgehead atoms. The lowest BCUT2D eigenvalue weighted by Crippen LogP contribution is -2.70. The van der Waals surface area contributed by atoms with Crippen LogP contribution in [0.3, 0.4) is 0 Å². The minimum atomic E-state index is -0.533. The fourth-order valence-electron chi connectivity index (χ4n) is 5.00. The molecule has 2 aliphatic rings. The van der Waals surface area contributed by atoms with Crippen LogP contribution in [0, 0.1) is 0 Å². The third-order valence-corrected chi connectivity index (χ3v) is 6.61. The highest BCUT2D eigenvalue weighted by molar-refractivity contribution is 5.87. The number of fused-ring (bicyclic) bond motifs is 1. The van der Waals surface area contributed by atoms with Crippen molar-refractivity contribution < 1.29 is 9.90 Å². The highest BCUT2D eigenvalue weighted by Gasteiger charge is 2.46. The van der Waals surface area contributed by atoms with Crippen LogP contribution in [0.5, 0.6) is 5.75 Å². The summed E-state index contributed by atoms with van der Waals surface area (Å²) in [5.74, 6) is 0.583. The summed E-state index contributed by atoms with van der Waals surface area (Å²) in [6.45, 7) is 17.4. The molecule has 3 rings (SSSR count). The molecule has 1 aliphatic heterocycles. The number of phenols is 1. The van der Waals surface area contributed by atoms with Crippen LogP contribution in [-0.4, -0.2) is 33.5 Å². The van der Waals surface area contributed by atoms with E-state index in [-0.39, 0.29) is 22.8 Å². The van der Waals surface area contributed by atoms with Crippen molar-refractivity contribution in [3.8, 4) is 5.75 Å². The van der Waals surface area contributed by atoms with Crippen molar-refractivity contribution >= 4 is 5.91 Å². The molecule has 1 saturated carbocycles. The molecule has 4 heteroatoms. The second-order valence-electron chi connectivity index (χ2n) is 11.7. The third kappa shape index (κ3) is 4.33. The molecule has 1 heterocycles. The molecule has 2 fully saturated rings. The average molecular weight is 401 g/mol. The molecule has 4 nitrogen and oxygen atoms in total. The molecule has 1 aliphatic carbocycles. The standard InChI is InChI=1S/C25H40N2O2/c1-23(2,3)17-13-16(14-18(21(17)28)24(4,5)6)15-27-20-12-10-9-11-19(20)26-25(7,8)22(27)29/h13-14,19-20,26,28H,9-12,15H2,1-8H3/t19-,20+/m0/s1. The van der Waals surface area contributed by atoms with E-state index in [1.54, 1.807) is 0 Å². The van der Waals surface area contributed by atoms with Crippen LogP contribution >= 0.6 is 0 Å². The topological polar surface area (TPSA) is 52.6 Å². The highest BCUT2D eigenvalue weighted by atomic mass is 16.3. The van der Waals surface area contributed by atoms with E-state index in [2.05, 4.69) is 63.9 Å². The lowest BCUT2D eigenvalue weighted by molar-refractivity contribution is -0.147. The number of nitrogens with one attached hydrogen (secondary N) is 1. The van der Waals surface area contributed by atoms with E-state index < -0.39 is 5.54 Å². The maximum atomic E-state index is 13.4. The Labute approximate surface area is 177 Å². The van der Waals surface area contributed by atoms with Crippen LogP contribution in [0.25, 0.3) is 0 Å². The van der Waals surface area contributed by atoms with E-state index >= 15 is 0 Å². The predicted octanol–water partition coefficient (Wildman–Crippen LogP) is 5.01. The van der Waals surface area contributed by atoms with E-state index in [1.165, 1.54) is 12.8 Å². The molecule has 1 amide bonds. The molecule has 162 valence electrons. The van der Waals surface area contributed by atoms with Crippen molar-refractivity contribution in [3.63, 3.8) is 0 Å². The number of nitrogens with zero attached hydrogens (tertiary/aromatic N) is 1. The first-order valence-corrected chi connectivity index (χ1v) is 11.2. The Balaban J connectivity index is 2.04. The number of carbonyl (C=O) groups excluding carboxylic acids is 1. The van der Waals surface area contributed by atoms with E-state index in [4.69, 9.17) is 0 Å². The Kier molecular flexibility index (Phi) is 5.57. The molecule has 1 aromatic rings. The number of carbonyl (C=O) groups is 1. The van der Waals surface area contributed by atoms with Crippen molar-refractivity contribution in [3.05, 3.63) is 28.8 Å². The largest absolute Gasteiger partial charge is 0.507 e. The average Bonchev–Trinajstić information content (AvgIpc) is 2.57. The summed E-state index contributed by atoms with van der Waals surface area (Å²) in [6, 6.07) is 4.86. The van der Waals surface area contributed by atoms with Gasteiger partial charge in [0.05, 0.1) is 5.54 Å². The Morgan fingerprint density at radius 2 is 1.55 bits per heavy atom. The number of rotatable bonds is 2. The number of phenolic OH excluding ortho intramolecular Hbond substituents is 1. The fraction of sp³-hybridized carbons (Fsp3) is 0.720. The minimum absolute atomic E-state index is 0.166. The van der Waals surface area contributed by atoms with Gasteiger partial charge in [0.2, 0.25) is 5.91 Å². The summed E-state index contributed by atoms with van der Waals surface area (Å²) in [7, 11) is 0. The van der Waals surface area contributed by atoms with Crippen LogP contribution in [0.2, 0.25) is 0 Å². The normalized spacial score (nSPS) is 25.1. The van der Waals surface area contributed by atoms with Crippen LogP contribution in [-0.2, 0) is 22.2 Å². The van der Waals surface area contributed by atoms with Crippen molar-refractivity contribution in [2.24, 2.45) is 0 Å². The first kappa shape index (κ1) is 22.1. The Morgan fingerprint density at radius 3 is 2.07 bits per heavy atom. The van der Waals surface area contributed by atoms with Crippen LogP contribution in [0.15, 0.2) is 12.1 Å². The summed E-state index contributed by atoms with van der Waals surface area (Å²) in [5, 5.41) is 14.6. The van der Waals surface area contributed by atoms with Gasteiger partial charge in [-0.1, -0.05) is 54.4 Å². The van der Waals surface area contributed by atoms with Gasteiger partial charge in [0.25, 0.3) is 0 Å². The zero-order valence-electron chi connectivity index (χ0n) is 19.6. The Bertz CT molecular complexity index is 748. The van der Waals surface area contributed by atoms with Gasteiger partial charge in [-0.15, -0.1) is 0 Å². The predicted molar refractivity (Wildman–Crippen MR) is 119 cm³/mol. The third-order valence-electron chi connectivity index (χ3n) is 6.61. The molecule has 2 N–H and O–H groups in total. The number of amides is 1. The van der Waals surface area contributed by atoms with Gasteiger partial charge in [0.15, 0.2) is 0 Å². The van der Waals surface area contributed by atoms with Gasteiger partial charge in [0, 0.05) is 18.6 Å². The summed E-state index contributed by atoms with van der Waals surface area (Å²) in [4.78, 5) is 15.5. The van der Waals surface area contributed by atoms with Gasteiger partial charge in [-0.05, 0) is 66.3 Å². The number of aromatic hydroxyl groups is 1. The Hall–Kier alpha value is -1.55. The van der Waals surface area contributed by atoms with Gasteiger partial charge < -0.3 is 10.0 Å². The van der Waals surface area contributed by atoms with Gasteiger partial charge in [0.1, 0.15) is 5.75 Å². The maximum absolute atomic E-state index is 13.4. The number of hydrogen-bond donors (Lipinski definition) is 2. The molecular weight excluding hydrogens is 360 g/mol. The quantitative estimate of drug-likeness (QED) is 0.734. The zero-order valence-corrected chi connectivity index (χ0v) is 19.6. The van der Waals surface area contributed by atoms with Crippen molar-refractivity contribution in [2.45, 2.75) is 116 Å². The van der Waals surface area contributed by atoms with E-state index in [1.807, 2.05) is 13.8 Å². The highest BCUT2D eigenvalue weighted by Crippen LogP contribution is 2.41. The molecule has 0 unspecified atom stereocenters. The lowest BCUT2D eigenvalue weighted by Gasteiger charge is -2.50. The van der Waals surface area contributed by atoms with E-state index in [0.717, 1.165) is 29.5 Å². The molecule has 0 spiro atoms. The fourth-order valence-corrected chi connectivity index (χ4v) is 5.00. The second-order valence-corrected chi connectivity index (χ2v) is 11.7. The monoisotopic (exact) mass is 400 g/mol. The number of benzene rings is 1. The van der Waals surface area contributed by atoms with Crippen LogP contribution in [0.1, 0.15) is 97.8 Å². The molecular formula is C25H40N2O2. The first-order chi connectivity index (χ1) is 13.2. The zero-order chi connectivity index (χ0) is 21.8. The smallest absolute Gasteiger partial charge is 0.242 e.